The number of nitro benzene ring substituents is 1. The topological polar surface area (TPSA) is 43.1 Å². The second-order valence-electron chi connectivity index (χ2n) is 2.78. The lowest BCUT2D eigenvalue weighted by Crippen LogP contribution is -2.06. The Balaban J connectivity index is 3.30. The fraction of sp³-hybridized carbons (Fsp3) is 0.250. The second kappa shape index (κ2) is 4.06. The largest absolute Gasteiger partial charge is 0.416 e. The van der Waals surface area contributed by atoms with Crippen molar-refractivity contribution in [2.45, 2.75) is 12.1 Å². The number of halogens is 4. The molecule has 0 aliphatic rings. The van der Waals surface area contributed by atoms with Gasteiger partial charge in [-0.3, -0.25) is 10.1 Å². The third-order valence-corrected chi connectivity index (χ3v) is 1.98. The van der Waals surface area contributed by atoms with Crippen molar-refractivity contribution in [1.29, 1.82) is 0 Å². The van der Waals surface area contributed by atoms with E-state index in [9.17, 15) is 23.3 Å². The van der Waals surface area contributed by atoms with Gasteiger partial charge in [-0.05, 0) is 11.6 Å². The fourth-order valence-electron chi connectivity index (χ4n) is 1.02. The summed E-state index contributed by atoms with van der Waals surface area (Å²) < 4.78 is 36.8. The molecule has 15 heavy (non-hydrogen) atoms. The monoisotopic (exact) mass is 239 g/mol. The van der Waals surface area contributed by atoms with Gasteiger partial charge in [-0.2, -0.15) is 13.2 Å². The molecule has 1 aromatic rings. The lowest BCUT2D eigenvalue weighted by atomic mass is 10.1. The van der Waals surface area contributed by atoms with E-state index in [1.807, 2.05) is 0 Å². The maximum Gasteiger partial charge on any atom is 0.416 e. The van der Waals surface area contributed by atoms with E-state index in [0.717, 1.165) is 12.1 Å². The SMILES string of the molecule is O=[N+]([O-])c1cc(CCl)cc(C(F)(F)F)c1. The number of benzene rings is 1. The van der Waals surface area contributed by atoms with Crippen LogP contribution in [-0.2, 0) is 12.1 Å². The van der Waals surface area contributed by atoms with Gasteiger partial charge in [-0.1, -0.05) is 0 Å². The Morgan fingerprint density at radius 1 is 1.33 bits per heavy atom. The molecule has 0 fully saturated rings. The lowest BCUT2D eigenvalue weighted by Gasteiger charge is -2.07. The molecule has 0 spiro atoms. The van der Waals surface area contributed by atoms with Crippen molar-refractivity contribution in [3.05, 3.63) is 39.4 Å². The molecule has 0 unspecified atom stereocenters. The average molecular weight is 240 g/mol. The summed E-state index contributed by atoms with van der Waals surface area (Å²) in [4.78, 5) is 9.46. The van der Waals surface area contributed by atoms with Gasteiger partial charge in [-0.15, -0.1) is 11.6 Å². The molecule has 3 nitrogen and oxygen atoms in total. The van der Waals surface area contributed by atoms with Gasteiger partial charge in [-0.25, -0.2) is 0 Å². The van der Waals surface area contributed by atoms with Gasteiger partial charge in [0, 0.05) is 18.0 Å². The maximum absolute atomic E-state index is 12.3. The Hall–Kier alpha value is -1.30. The van der Waals surface area contributed by atoms with Gasteiger partial charge in [0.2, 0.25) is 0 Å². The lowest BCUT2D eigenvalue weighted by molar-refractivity contribution is -0.385. The molecule has 0 bridgehead atoms. The van der Waals surface area contributed by atoms with E-state index in [1.165, 1.54) is 0 Å². The van der Waals surface area contributed by atoms with Crippen molar-refractivity contribution in [3.63, 3.8) is 0 Å². The van der Waals surface area contributed by atoms with Gasteiger partial charge in [0.05, 0.1) is 10.5 Å². The Labute approximate surface area is 87.6 Å². The van der Waals surface area contributed by atoms with Crippen LogP contribution in [0.15, 0.2) is 18.2 Å². The summed E-state index contributed by atoms with van der Waals surface area (Å²) in [6.07, 6.45) is -4.60. The van der Waals surface area contributed by atoms with Crippen LogP contribution in [0.25, 0.3) is 0 Å². The van der Waals surface area contributed by atoms with Crippen LogP contribution >= 0.6 is 11.6 Å². The molecule has 1 rings (SSSR count). The molecule has 0 N–H and O–H groups in total. The molecule has 1 aromatic carbocycles. The van der Waals surface area contributed by atoms with Gasteiger partial charge in [0.25, 0.3) is 5.69 Å². The molecular weight excluding hydrogens is 235 g/mol. The summed E-state index contributed by atoms with van der Waals surface area (Å²) in [6, 6.07) is 2.29. The van der Waals surface area contributed by atoms with Gasteiger partial charge >= 0.3 is 6.18 Å². The predicted octanol–water partition coefficient (Wildman–Crippen LogP) is 3.35. The number of alkyl halides is 4. The minimum Gasteiger partial charge on any atom is -0.258 e. The summed E-state index contributed by atoms with van der Waals surface area (Å²) >= 11 is 5.34. The number of rotatable bonds is 2. The molecular formula is C8H5ClF3NO2. The van der Waals surface area contributed by atoms with Gasteiger partial charge in [0.1, 0.15) is 0 Å². The zero-order chi connectivity index (χ0) is 11.6. The number of nitro groups is 1. The van der Waals surface area contributed by atoms with E-state index in [-0.39, 0.29) is 11.4 Å². The van der Waals surface area contributed by atoms with Crippen molar-refractivity contribution < 1.29 is 18.1 Å². The first kappa shape index (κ1) is 11.8. The number of hydrogen-bond acceptors (Lipinski definition) is 2. The Morgan fingerprint density at radius 3 is 2.33 bits per heavy atom. The van der Waals surface area contributed by atoms with Crippen LogP contribution in [0.3, 0.4) is 0 Å². The van der Waals surface area contributed by atoms with Crippen LogP contribution in [-0.4, -0.2) is 4.92 Å². The number of hydrogen-bond donors (Lipinski definition) is 0. The molecule has 7 heteroatoms. The maximum atomic E-state index is 12.3. The fourth-order valence-corrected chi connectivity index (χ4v) is 1.17. The first-order valence-corrected chi connectivity index (χ1v) is 4.29. The highest BCUT2D eigenvalue weighted by molar-refractivity contribution is 6.17. The molecule has 0 saturated carbocycles. The quantitative estimate of drug-likeness (QED) is 0.451. The van der Waals surface area contributed by atoms with Crippen LogP contribution in [0, 0.1) is 10.1 Å². The van der Waals surface area contributed by atoms with Crippen LogP contribution in [0.1, 0.15) is 11.1 Å². The third kappa shape index (κ3) is 2.82. The summed E-state index contributed by atoms with van der Waals surface area (Å²) in [6.45, 7) is 0. The van der Waals surface area contributed by atoms with E-state index in [0.29, 0.717) is 6.07 Å². The van der Waals surface area contributed by atoms with Crippen molar-refractivity contribution in [1.82, 2.24) is 0 Å². The first-order valence-electron chi connectivity index (χ1n) is 3.76. The van der Waals surface area contributed by atoms with Gasteiger partial charge < -0.3 is 0 Å². The Kier molecular flexibility index (Phi) is 3.18. The second-order valence-corrected chi connectivity index (χ2v) is 3.04. The Bertz CT molecular complexity index is 392. The van der Waals surface area contributed by atoms with Crippen molar-refractivity contribution >= 4 is 17.3 Å². The van der Waals surface area contributed by atoms with Gasteiger partial charge in [0.15, 0.2) is 0 Å². The van der Waals surface area contributed by atoms with E-state index in [4.69, 9.17) is 11.6 Å². The molecule has 0 aliphatic carbocycles. The van der Waals surface area contributed by atoms with Crippen molar-refractivity contribution in [3.8, 4) is 0 Å². The highest BCUT2D eigenvalue weighted by atomic mass is 35.5. The summed E-state index contributed by atoms with van der Waals surface area (Å²) in [5.41, 5.74) is -1.61. The Morgan fingerprint density at radius 2 is 1.93 bits per heavy atom. The van der Waals surface area contributed by atoms with Crippen molar-refractivity contribution in [2.24, 2.45) is 0 Å². The normalized spacial score (nSPS) is 11.5. The van der Waals surface area contributed by atoms with Crippen LogP contribution in [0.2, 0.25) is 0 Å². The molecule has 0 atom stereocenters. The van der Waals surface area contributed by atoms with Crippen LogP contribution < -0.4 is 0 Å². The van der Waals surface area contributed by atoms with E-state index < -0.39 is 22.4 Å². The molecule has 0 heterocycles. The van der Waals surface area contributed by atoms with E-state index >= 15 is 0 Å². The standard InChI is InChI=1S/C8H5ClF3NO2/c9-4-5-1-6(8(10,11)12)3-7(2-5)13(14)15/h1-3H,4H2. The number of nitrogens with zero attached hydrogens (tertiary/aromatic N) is 1. The molecule has 0 aromatic heterocycles. The molecule has 0 amide bonds. The highest BCUT2D eigenvalue weighted by Crippen LogP contribution is 2.32. The summed E-state index contributed by atoms with van der Waals surface area (Å²) in [5.74, 6) is -0.204. The molecule has 0 aliphatic heterocycles. The van der Waals surface area contributed by atoms with Crippen LogP contribution in [0.4, 0.5) is 18.9 Å². The first-order chi connectivity index (χ1) is 6.84. The highest BCUT2D eigenvalue weighted by Gasteiger charge is 2.32. The predicted molar refractivity (Wildman–Crippen MR) is 47.7 cm³/mol. The van der Waals surface area contributed by atoms with Crippen molar-refractivity contribution in [2.75, 3.05) is 0 Å². The zero-order valence-corrected chi connectivity index (χ0v) is 7.97. The molecule has 82 valence electrons. The molecule has 0 radical (unpaired) electrons. The molecule has 0 saturated heterocycles. The average Bonchev–Trinajstić information content (AvgIpc) is 2.15. The van der Waals surface area contributed by atoms with Crippen LogP contribution in [0.5, 0.6) is 0 Å². The van der Waals surface area contributed by atoms with E-state index in [2.05, 4.69) is 0 Å². The third-order valence-electron chi connectivity index (χ3n) is 1.67. The smallest absolute Gasteiger partial charge is 0.258 e. The zero-order valence-electron chi connectivity index (χ0n) is 7.21. The summed E-state index contributed by atoms with van der Waals surface area (Å²) in [7, 11) is 0. The minimum atomic E-state index is -4.60. The van der Waals surface area contributed by atoms with E-state index in [1.54, 1.807) is 0 Å². The minimum absolute atomic E-state index is 0.0678. The summed E-state index contributed by atoms with van der Waals surface area (Å²) in [5, 5.41) is 10.3. The number of non-ortho nitro benzene ring substituents is 1.